The molecule has 0 fully saturated rings. The highest BCUT2D eigenvalue weighted by atomic mass is 32.1. The topological polar surface area (TPSA) is 50.2 Å². The van der Waals surface area contributed by atoms with E-state index in [9.17, 15) is 9.90 Å². The van der Waals surface area contributed by atoms with E-state index < -0.39 is 5.97 Å². The number of carboxylic acids is 1. The van der Waals surface area contributed by atoms with Crippen molar-refractivity contribution in [2.24, 2.45) is 0 Å². The Labute approximate surface area is 115 Å². The Bertz CT molecular complexity index is 605. The zero-order valence-corrected chi connectivity index (χ0v) is 11.4. The van der Waals surface area contributed by atoms with Crippen LogP contribution in [0.15, 0.2) is 23.7 Å². The van der Waals surface area contributed by atoms with Crippen molar-refractivity contribution in [2.75, 3.05) is 0 Å². The number of aromatic nitrogens is 1. The molecule has 98 valence electrons. The Balaban J connectivity index is 2.21. The fourth-order valence-electron chi connectivity index (χ4n) is 2.78. The molecule has 1 aromatic heterocycles. The standard InChI is InChI=1S/C15H15NO2S/c17-15(18)13-11-5-3-1-2-4-10(11)6-7-12(13)14-16-8-9-19-14/h6-9H,1-5H2,(H,17,18). The minimum Gasteiger partial charge on any atom is -0.478 e. The lowest BCUT2D eigenvalue weighted by Gasteiger charge is -2.13. The van der Waals surface area contributed by atoms with Crippen LogP contribution in [0.2, 0.25) is 0 Å². The molecule has 0 saturated heterocycles. The van der Waals surface area contributed by atoms with E-state index in [2.05, 4.69) is 11.1 Å². The zero-order valence-electron chi connectivity index (χ0n) is 10.6. The van der Waals surface area contributed by atoms with E-state index in [1.165, 1.54) is 23.3 Å². The van der Waals surface area contributed by atoms with Gasteiger partial charge in [0.25, 0.3) is 0 Å². The summed E-state index contributed by atoms with van der Waals surface area (Å²) in [5.41, 5.74) is 3.46. The summed E-state index contributed by atoms with van der Waals surface area (Å²) in [4.78, 5) is 15.9. The molecule has 1 aromatic carbocycles. The van der Waals surface area contributed by atoms with Crippen molar-refractivity contribution in [3.05, 3.63) is 40.4 Å². The molecule has 2 aromatic rings. The van der Waals surface area contributed by atoms with Crippen molar-refractivity contribution >= 4 is 17.3 Å². The molecule has 19 heavy (non-hydrogen) atoms. The average Bonchev–Trinajstić information content (AvgIpc) is 2.82. The van der Waals surface area contributed by atoms with Crippen molar-refractivity contribution in [3.8, 4) is 10.6 Å². The molecule has 1 aliphatic carbocycles. The molecule has 0 amide bonds. The molecule has 1 aliphatic rings. The third-order valence-electron chi connectivity index (χ3n) is 3.66. The minimum atomic E-state index is -0.830. The van der Waals surface area contributed by atoms with Crippen molar-refractivity contribution < 1.29 is 9.90 Å². The van der Waals surface area contributed by atoms with E-state index in [0.717, 1.165) is 41.8 Å². The molecule has 1 N–H and O–H groups in total. The van der Waals surface area contributed by atoms with Crippen LogP contribution >= 0.6 is 11.3 Å². The molecule has 0 bridgehead atoms. The second kappa shape index (κ2) is 5.13. The second-order valence-corrected chi connectivity index (χ2v) is 5.72. The van der Waals surface area contributed by atoms with Crippen LogP contribution in [0.3, 0.4) is 0 Å². The van der Waals surface area contributed by atoms with Gasteiger partial charge in [-0.3, -0.25) is 0 Å². The summed E-state index contributed by atoms with van der Waals surface area (Å²) in [6, 6.07) is 4.01. The number of benzene rings is 1. The molecule has 0 saturated carbocycles. The van der Waals surface area contributed by atoms with E-state index in [1.54, 1.807) is 6.20 Å². The van der Waals surface area contributed by atoms with Gasteiger partial charge in [0, 0.05) is 17.1 Å². The summed E-state index contributed by atoms with van der Waals surface area (Å²) in [5.74, 6) is -0.830. The van der Waals surface area contributed by atoms with E-state index >= 15 is 0 Å². The number of thiazole rings is 1. The summed E-state index contributed by atoms with van der Waals surface area (Å²) in [5, 5.41) is 12.3. The maximum absolute atomic E-state index is 11.7. The summed E-state index contributed by atoms with van der Waals surface area (Å²) in [7, 11) is 0. The van der Waals surface area contributed by atoms with Gasteiger partial charge in [-0.05, 0) is 36.8 Å². The van der Waals surface area contributed by atoms with Crippen LogP contribution < -0.4 is 0 Å². The van der Waals surface area contributed by atoms with Gasteiger partial charge in [0.05, 0.1) is 5.56 Å². The first-order valence-electron chi connectivity index (χ1n) is 6.55. The Morgan fingerprint density at radius 2 is 2.05 bits per heavy atom. The first kappa shape index (κ1) is 12.4. The molecule has 0 atom stereocenters. The van der Waals surface area contributed by atoms with Gasteiger partial charge in [-0.1, -0.05) is 18.6 Å². The third-order valence-corrected chi connectivity index (χ3v) is 4.47. The van der Waals surface area contributed by atoms with Crippen LogP contribution in [-0.2, 0) is 12.8 Å². The number of carboxylic acid groups (broad SMARTS) is 1. The fourth-order valence-corrected chi connectivity index (χ4v) is 3.45. The molecule has 1 heterocycles. The van der Waals surface area contributed by atoms with Crippen LogP contribution in [0, 0.1) is 0 Å². The maximum atomic E-state index is 11.7. The summed E-state index contributed by atoms with van der Waals surface area (Å²) < 4.78 is 0. The van der Waals surface area contributed by atoms with Crippen molar-refractivity contribution in [1.82, 2.24) is 4.98 Å². The minimum absolute atomic E-state index is 0.467. The van der Waals surface area contributed by atoms with E-state index in [-0.39, 0.29) is 0 Å². The molecule has 0 radical (unpaired) electrons. The zero-order chi connectivity index (χ0) is 13.2. The lowest BCUT2D eigenvalue weighted by atomic mass is 9.93. The number of hydrogen-bond donors (Lipinski definition) is 1. The predicted octanol–water partition coefficient (Wildman–Crippen LogP) is 3.78. The van der Waals surface area contributed by atoms with Crippen LogP contribution in [0.25, 0.3) is 10.6 Å². The molecule has 3 nitrogen and oxygen atoms in total. The Hall–Kier alpha value is -1.68. The van der Waals surface area contributed by atoms with E-state index in [1.807, 2.05) is 11.4 Å². The van der Waals surface area contributed by atoms with Crippen LogP contribution in [0.5, 0.6) is 0 Å². The molecule has 0 unspecified atom stereocenters. The van der Waals surface area contributed by atoms with Gasteiger partial charge in [0.2, 0.25) is 0 Å². The fraction of sp³-hybridized carbons (Fsp3) is 0.333. The van der Waals surface area contributed by atoms with Gasteiger partial charge < -0.3 is 5.11 Å². The summed E-state index contributed by atoms with van der Waals surface area (Å²) in [6.07, 6.45) is 7.00. The molecule has 4 heteroatoms. The monoisotopic (exact) mass is 273 g/mol. The number of carbonyl (C=O) groups is 1. The second-order valence-electron chi connectivity index (χ2n) is 4.83. The normalized spacial score (nSPS) is 14.7. The van der Waals surface area contributed by atoms with Crippen molar-refractivity contribution in [2.45, 2.75) is 32.1 Å². The van der Waals surface area contributed by atoms with Crippen molar-refractivity contribution in [3.63, 3.8) is 0 Å². The number of rotatable bonds is 2. The van der Waals surface area contributed by atoms with Crippen LogP contribution in [-0.4, -0.2) is 16.1 Å². The van der Waals surface area contributed by atoms with Gasteiger partial charge in [-0.25, -0.2) is 9.78 Å². The van der Waals surface area contributed by atoms with Gasteiger partial charge in [-0.2, -0.15) is 0 Å². The number of nitrogens with zero attached hydrogens (tertiary/aromatic N) is 1. The highest BCUT2D eigenvalue weighted by molar-refractivity contribution is 7.13. The highest BCUT2D eigenvalue weighted by Gasteiger charge is 2.22. The molecule has 3 rings (SSSR count). The number of hydrogen-bond acceptors (Lipinski definition) is 3. The first-order chi connectivity index (χ1) is 9.27. The predicted molar refractivity (Wildman–Crippen MR) is 75.8 cm³/mol. The largest absolute Gasteiger partial charge is 0.478 e. The summed E-state index contributed by atoms with van der Waals surface area (Å²) in [6.45, 7) is 0. The molecule has 0 aliphatic heterocycles. The highest BCUT2D eigenvalue weighted by Crippen LogP contribution is 2.33. The molecular formula is C15H15NO2S. The number of aryl methyl sites for hydroxylation is 1. The smallest absolute Gasteiger partial charge is 0.336 e. The van der Waals surface area contributed by atoms with Gasteiger partial charge >= 0.3 is 5.97 Å². The van der Waals surface area contributed by atoms with Crippen LogP contribution in [0.4, 0.5) is 0 Å². The van der Waals surface area contributed by atoms with Crippen molar-refractivity contribution in [1.29, 1.82) is 0 Å². The van der Waals surface area contributed by atoms with E-state index in [4.69, 9.17) is 0 Å². The molecular weight excluding hydrogens is 258 g/mol. The average molecular weight is 273 g/mol. The SMILES string of the molecule is O=C(O)c1c(-c2nccs2)ccc2c1CCCCC2. The van der Waals surface area contributed by atoms with Crippen LogP contribution in [0.1, 0.15) is 40.7 Å². The van der Waals surface area contributed by atoms with E-state index in [0.29, 0.717) is 5.56 Å². The Morgan fingerprint density at radius 1 is 1.21 bits per heavy atom. The van der Waals surface area contributed by atoms with Gasteiger partial charge in [-0.15, -0.1) is 11.3 Å². The number of fused-ring (bicyclic) bond motifs is 1. The maximum Gasteiger partial charge on any atom is 0.336 e. The Morgan fingerprint density at radius 3 is 2.79 bits per heavy atom. The lowest BCUT2D eigenvalue weighted by Crippen LogP contribution is -2.07. The van der Waals surface area contributed by atoms with Gasteiger partial charge in [0.15, 0.2) is 0 Å². The Kier molecular flexibility index (Phi) is 3.34. The number of aromatic carboxylic acids is 1. The quantitative estimate of drug-likeness (QED) is 0.847. The third kappa shape index (κ3) is 2.28. The first-order valence-corrected chi connectivity index (χ1v) is 7.43. The lowest BCUT2D eigenvalue weighted by molar-refractivity contribution is 0.0696. The molecule has 0 spiro atoms. The summed E-state index contributed by atoms with van der Waals surface area (Å²) >= 11 is 1.49. The van der Waals surface area contributed by atoms with Gasteiger partial charge in [0.1, 0.15) is 5.01 Å².